The Morgan fingerprint density at radius 3 is 2.71 bits per heavy atom. The van der Waals surface area contributed by atoms with Gasteiger partial charge in [-0.3, -0.25) is 0 Å². The van der Waals surface area contributed by atoms with Crippen LogP contribution in [0, 0.1) is 6.92 Å². The minimum atomic E-state index is -2.88. The Labute approximate surface area is 82.0 Å². The number of hydrogen-bond acceptors (Lipinski definition) is 5. The van der Waals surface area contributed by atoms with Crippen LogP contribution in [0.3, 0.4) is 0 Å². The van der Waals surface area contributed by atoms with Gasteiger partial charge in [0.2, 0.25) is 5.95 Å². The summed E-state index contributed by atoms with van der Waals surface area (Å²) < 4.78 is 24.1. The molecule has 1 fully saturated rings. The van der Waals surface area contributed by atoms with Gasteiger partial charge in [-0.25, -0.2) is 13.1 Å². The second kappa shape index (κ2) is 2.94. The van der Waals surface area contributed by atoms with Crippen LogP contribution in [-0.2, 0) is 9.84 Å². The normalized spacial score (nSPS) is 25.4. The summed E-state index contributed by atoms with van der Waals surface area (Å²) in [5, 5.41) is 3.98. The Hall–Kier alpha value is -1.11. The molecule has 1 atom stereocenters. The molecule has 0 aromatic carbocycles. The summed E-state index contributed by atoms with van der Waals surface area (Å²) >= 11 is 0. The fourth-order valence-corrected chi connectivity index (χ4v) is 3.43. The van der Waals surface area contributed by atoms with E-state index >= 15 is 0 Å². The number of aromatic nitrogens is 3. The molecule has 1 aliphatic rings. The maximum Gasteiger partial charge on any atom is 0.239 e. The van der Waals surface area contributed by atoms with Crippen LogP contribution in [0.4, 0.5) is 5.95 Å². The quantitative estimate of drug-likeness (QED) is 0.685. The molecule has 0 spiro atoms. The van der Waals surface area contributed by atoms with Crippen LogP contribution >= 0.6 is 0 Å². The molecule has 1 aromatic heterocycles. The van der Waals surface area contributed by atoms with Crippen molar-refractivity contribution < 1.29 is 8.42 Å². The van der Waals surface area contributed by atoms with Crippen LogP contribution in [0.2, 0.25) is 0 Å². The molecule has 0 saturated carbocycles. The zero-order valence-corrected chi connectivity index (χ0v) is 8.66. The first-order valence-corrected chi connectivity index (χ1v) is 6.19. The van der Waals surface area contributed by atoms with Crippen molar-refractivity contribution in [2.75, 3.05) is 17.2 Å². The molecule has 1 aromatic rings. The predicted octanol–water partition coefficient (Wildman–Crippen LogP) is -0.472. The molecule has 2 N–H and O–H groups in total. The van der Waals surface area contributed by atoms with Crippen LogP contribution < -0.4 is 5.73 Å². The third kappa shape index (κ3) is 1.59. The van der Waals surface area contributed by atoms with E-state index < -0.39 is 9.84 Å². The SMILES string of the molecule is Cc1nc(N)nn1C1CCS(=O)(=O)C1. The van der Waals surface area contributed by atoms with Crippen LogP contribution in [0.15, 0.2) is 0 Å². The molecule has 2 heterocycles. The lowest BCUT2D eigenvalue weighted by molar-refractivity contribution is 0.487. The Morgan fingerprint density at radius 2 is 2.29 bits per heavy atom. The fraction of sp³-hybridized carbons (Fsp3) is 0.714. The predicted molar refractivity (Wildman–Crippen MR) is 51.5 cm³/mol. The Bertz CT molecular complexity index is 450. The van der Waals surface area contributed by atoms with Crippen LogP contribution in [0.5, 0.6) is 0 Å². The number of aryl methyl sites for hydroxylation is 1. The molecule has 0 amide bonds. The number of nitrogens with zero attached hydrogens (tertiary/aromatic N) is 3. The largest absolute Gasteiger partial charge is 0.366 e. The van der Waals surface area contributed by atoms with E-state index in [-0.39, 0.29) is 23.5 Å². The molecule has 78 valence electrons. The van der Waals surface area contributed by atoms with Gasteiger partial charge in [0.25, 0.3) is 0 Å². The molecule has 2 rings (SSSR count). The lowest BCUT2D eigenvalue weighted by Gasteiger charge is -2.08. The summed E-state index contributed by atoms with van der Waals surface area (Å²) in [5.74, 6) is 1.25. The molecule has 6 nitrogen and oxygen atoms in total. The van der Waals surface area contributed by atoms with E-state index in [1.165, 1.54) is 0 Å². The molecule has 0 bridgehead atoms. The zero-order valence-electron chi connectivity index (χ0n) is 7.84. The molecule has 1 aliphatic heterocycles. The smallest absolute Gasteiger partial charge is 0.239 e. The van der Waals surface area contributed by atoms with Crippen molar-refractivity contribution in [2.45, 2.75) is 19.4 Å². The van der Waals surface area contributed by atoms with Crippen molar-refractivity contribution in [3.8, 4) is 0 Å². The standard InChI is InChI=1S/C7H12N4O2S/c1-5-9-7(8)10-11(5)6-2-3-14(12,13)4-6/h6H,2-4H2,1H3,(H2,8,10). The monoisotopic (exact) mass is 216 g/mol. The van der Waals surface area contributed by atoms with Crippen molar-refractivity contribution >= 4 is 15.8 Å². The van der Waals surface area contributed by atoms with E-state index in [4.69, 9.17) is 5.73 Å². The molecule has 0 radical (unpaired) electrons. The van der Waals surface area contributed by atoms with Gasteiger partial charge in [-0.15, -0.1) is 5.10 Å². The van der Waals surface area contributed by atoms with Crippen molar-refractivity contribution in [3.05, 3.63) is 5.82 Å². The number of nitrogens with two attached hydrogens (primary N) is 1. The summed E-state index contributed by atoms with van der Waals surface area (Å²) in [6, 6.07) is -0.0928. The van der Waals surface area contributed by atoms with Gasteiger partial charge in [0.05, 0.1) is 17.5 Å². The van der Waals surface area contributed by atoms with Crippen molar-refractivity contribution in [1.29, 1.82) is 0 Å². The number of nitrogen functional groups attached to an aromatic ring is 1. The summed E-state index contributed by atoms with van der Waals surface area (Å²) in [6.07, 6.45) is 0.603. The van der Waals surface area contributed by atoms with E-state index in [0.717, 1.165) is 0 Å². The average molecular weight is 216 g/mol. The second-order valence-electron chi connectivity index (χ2n) is 3.52. The number of hydrogen-bond donors (Lipinski definition) is 1. The Kier molecular flexibility index (Phi) is 1.99. The minimum Gasteiger partial charge on any atom is -0.366 e. The van der Waals surface area contributed by atoms with Gasteiger partial charge in [0.1, 0.15) is 5.82 Å². The lowest BCUT2D eigenvalue weighted by Crippen LogP contribution is -2.14. The van der Waals surface area contributed by atoms with Gasteiger partial charge in [0, 0.05) is 0 Å². The van der Waals surface area contributed by atoms with Crippen molar-refractivity contribution in [3.63, 3.8) is 0 Å². The summed E-state index contributed by atoms with van der Waals surface area (Å²) in [5.41, 5.74) is 5.42. The highest BCUT2D eigenvalue weighted by molar-refractivity contribution is 7.91. The van der Waals surface area contributed by atoms with E-state index in [2.05, 4.69) is 10.1 Å². The van der Waals surface area contributed by atoms with Gasteiger partial charge in [0.15, 0.2) is 9.84 Å². The first kappa shape index (κ1) is 9.45. The minimum absolute atomic E-state index is 0.0928. The third-order valence-corrected chi connectivity index (χ3v) is 4.12. The van der Waals surface area contributed by atoms with Crippen LogP contribution in [0.25, 0.3) is 0 Å². The summed E-state index contributed by atoms with van der Waals surface area (Å²) in [6.45, 7) is 1.77. The van der Waals surface area contributed by atoms with E-state index in [1.807, 2.05) is 0 Å². The van der Waals surface area contributed by atoms with Crippen molar-refractivity contribution in [1.82, 2.24) is 14.8 Å². The van der Waals surface area contributed by atoms with E-state index in [0.29, 0.717) is 12.2 Å². The lowest BCUT2D eigenvalue weighted by atomic mass is 10.3. The van der Waals surface area contributed by atoms with Gasteiger partial charge >= 0.3 is 0 Å². The maximum atomic E-state index is 11.2. The Morgan fingerprint density at radius 1 is 1.57 bits per heavy atom. The third-order valence-electron chi connectivity index (χ3n) is 2.37. The van der Waals surface area contributed by atoms with Gasteiger partial charge in [-0.05, 0) is 13.3 Å². The van der Waals surface area contributed by atoms with Gasteiger partial charge in [-0.2, -0.15) is 4.98 Å². The van der Waals surface area contributed by atoms with E-state index in [9.17, 15) is 8.42 Å². The first-order valence-electron chi connectivity index (χ1n) is 4.37. The molecule has 1 saturated heterocycles. The van der Waals surface area contributed by atoms with Crippen molar-refractivity contribution in [2.24, 2.45) is 0 Å². The average Bonchev–Trinajstić information content (AvgIpc) is 2.55. The highest BCUT2D eigenvalue weighted by Gasteiger charge is 2.30. The molecular formula is C7H12N4O2S. The Balaban J connectivity index is 2.30. The maximum absolute atomic E-state index is 11.2. The summed E-state index contributed by atoms with van der Waals surface area (Å²) in [4.78, 5) is 3.94. The van der Waals surface area contributed by atoms with Crippen LogP contribution in [-0.4, -0.2) is 34.7 Å². The van der Waals surface area contributed by atoms with Gasteiger partial charge < -0.3 is 5.73 Å². The second-order valence-corrected chi connectivity index (χ2v) is 5.75. The molecular weight excluding hydrogens is 204 g/mol. The molecule has 7 heteroatoms. The van der Waals surface area contributed by atoms with E-state index in [1.54, 1.807) is 11.6 Å². The molecule has 0 aliphatic carbocycles. The molecule has 14 heavy (non-hydrogen) atoms. The topological polar surface area (TPSA) is 90.9 Å². The number of rotatable bonds is 1. The van der Waals surface area contributed by atoms with Gasteiger partial charge in [-0.1, -0.05) is 0 Å². The number of anilines is 1. The first-order chi connectivity index (χ1) is 6.48. The fourth-order valence-electron chi connectivity index (χ4n) is 1.74. The zero-order chi connectivity index (χ0) is 10.3. The highest BCUT2D eigenvalue weighted by Crippen LogP contribution is 2.23. The molecule has 1 unspecified atom stereocenters. The van der Waals surface area contributed by atoms with Crippen LogP contribution in [0.1, 0.15) is 18.3 Å². The highest BCUT2D eigenvalue weighted by atomic mass is 32.2. The summed E-state index contributed by atoms with van der Waals surface area (Å²) in [7, 11) is -2.88. The number of sulfone groups is 1.